The van der Waals surface area contributed by atoms with Crippen LogP contribution in [-0.4, -0.2) is 20.8 Å². The summed E-state index contributed by atoms with van der Waals surface area (Å²) in [5.41, 5.74) is 1.29. The first-order chi connectivity index (χ1) is 8.88. The van der Waals surface area contributed by atoms with Crippen LogP contribution in [0.4, 0.5) is 5.69 Å². The van der Waals surface area contributed by atoms with Crippen molar-refractivity contribution in [3.63, 3.8) is 0 Å². The number of hydrogen-bond donors (Lipinski definition) is 1. The lowest BCUT2D eigenvalue weighted by Crippen LogP contribution is -2.20. The number of anilines is 1. The molecule has 0 aliphatic heterocycles. The molecule has 6 heteroatoms. The number of ether oxygens (including phenoxy) is 1. The van der Waals surface area contributed by atoms with Crippen molar-refractivity contribution in [1.82, 2.24) is 0 Å². The molecule has 0 fully saturated rings. The van der Waals surface area contributed by atoms with Gasteiger partial charge in [0.1, 0.15) is 5.75 Å². The summed E-state index contributed by atoms with van der Waals surface area (Å²) < 4.78 is 31.7. The summed E-state index contributed by atoms with van der Waals surface area (Å²) in [5.74, 6) is 1.13. The Morgan fingerprint density at radius 1 is 1.37 bits per heavy atom. The fraction of sp³-hybridized carbons (Fsp3) is 0.538. The normalized spacial score (nSPS) is 11.6. The van der Waals surface area contributed by atoms with Crippen molar-refractivity contribution in [3.8, 4) is 5.75 Å². The Kier molecular flexibility index (Phi) is 5.94. The highest BCUT2D eigenvalue weighted by molar-refractivity contribution is 7.92. The predicted molar refractivity (Wildman–Crippen MR) is 79.4 cm³/mol. The zero-order valence-corrected chi connectivity index (χ0v) is 13.0. The number of rotatable bonds is 7. The molecule has 1 aromatic carbocycles. The van der Waals surface area contributed by atoms with Gasteiger partial charge in [0.25, 0.3) is 0 Å². The quantitative estimate of drug-likeness (QED) is 0.787. The first kappa shape index (κ1) is 16.1. The van der Waals surface area contributed by atoms with E-state index in [2.05, 4.69) is 4.72 Å². The summed E-state index contributed by atoms with van der Waals surface area (Å²) in [5, 5.41) is 0. The SMILES string of the molecule is CCOc1ccc(NS(=O)(=O)CC(C)C)cc1CCl. The first-order valence-corrected chi connectivity index (χ1v) is 8.38. The lowest BCUT2D eigenvalue weighted by atomic mass is 10.2. The summed E-state index contributed by atoms with van der Waals surface area (Å²) in [6.45, 7) is 6.16. The molecule has 0 atom stereocenters. The second-order valence-electron chi connectivity index (χ2n) is 4.67. The van der Waals surface area contributed by atoms with Gasteiger partial charge in [0, 0.05) is 11.3 Å². The van der Waals surface area contributed by atoms with Crippen LogP contribution in [0.2, 0.25) is 0 Å². The third-order valence-corrected chi connectivity index (χ3v) is 4.27. The molecule has 0 bridgehead atoms. The fourth-order valence-electron chi connectivity index (χ4n) is 1.70. The predicted octanol–water partition coefficient (Wildman–Crippen LogP) is 3.22. The lowest BCUT2D eigenvalue weighted by Gasteiger charge is -2.13. The number of alkyl halides is 1. The van der Waals surface area contributed by atoms with E-state index in [1.807, 2.05) is 20.8 Å². The number of hydrogen-bond acceptors (Lipinski definition) is 3. The second kappa shape index (κ2) is 7.01. The lowest BCUT2D eigenvalue weighted by molar-refractivity contribution is 0.337. The maximum atomic E-state index is 11.8. The first-order valence-electron chi connectivity index (χ1n) is 6.20. The van der Waals surface area contributed by atoms with E-state index in [1.54, 1.807) is 18.2 Å². The number of halogens is 1. The van der Waals surface area contributed by atoms with E-state index < -0.39 is 10.0 Å². The van der Waals surface area contributed by atoms with Gasteiger partial charge in [0.15, 0.2) is 0 Å². The van der Waals surface area contributed by atoms with E-state index in [9.17, 15) is 8.42 Å². The van der Waals surface area contributed by atoms with Crippen molar-refractivity contribution in [2.45, 2.75) is 26.7 Å². The molecule has 0 aromatic heterocycles. The molecule has 0 spiro atoms. The molecule has 0 radical (unpaired) electrons. The summed E-state index contributed by atoms with van der Waals surface area (Å²) in [6, 6.07) is 5.11. The van der Waals surface area contributed by atoms with E-state index in [-0.39, 0.29) is 17.6 Å². The van der Waals surface area contributed by atoms with Gasteiger partial charge >= 0.3 is 0 Å². The number of benzene rings is 1. The Labute approximate surface area is 120 Å². The van der Waals surface area contributed by atoms with Crippen LogP contribution in [0.1, 0.15) is 26.3 Å². The maximum absolute atomic E-state index is 11.8. The van der Waals surface area contributed by atoms with Gasteiger partial charge in [-0.2, -0.15) is 0 Å². The van der Waals surface area contributed by atoms with Crippen LogP contribution in [0.15, 0.2) is 18.2 Å². The van der Waals surface area contributed by atoms with E-state index in [0.717, 1.165) is 5.56 Å². The highest BCUT2D eigenvalue weighted by atomic mass is 35.5. The molecule has 108 valence electrons. The van der Waals surface area contributed by atoms with E-state index >= 15 is 0 Å². The van der Waals surface area contributed by atoms with Gasteiger partial charge in [0.2, 0.25) is 10.0 Å². The topological polar surface area (TPSA) is 55.4 Å². The molecule has 0 heterocycles. The van der Waals surface area contributed by atoms with E-state index in [0.29, 0.717) is 18.0 Å². The van der Waals surface area contributed by atoms with Crippen LogP contribution in [0.3, 0.4) is 0 Å². The maximum Gasteiger partial charge on any atom is 0.232 e. The van der Waals surface area contributed by atoms with E-state index in [4.69, 9.17) is 16.3 Å². The monoisotopic (exact) mass is 305 g/mol. The van der Waals surface area contributed by atoms with Gasteiger partial charge < -0.3 is 4.74 Å². The standard InChI is InChI=1S/C13H20ClNO3S/c1-4-18-13-6-5-12(7-11(13)8-14)15-19(16,17)9-10(2)3/h5-7,10,15H,4,8-9H2,1-3H3. The van der Waals surface area contributed by atoms with Crippen LogP contribution in [0.25, 0.3) is 0 Å². The summed E-state index contributed by atoms with van der Waals surface area (Å²) >= 11 is 5.84. The highest BCUT2D eigenvalue weighted by Gasteiger charge is 2.14. The summed E-state index contributed by atoms with van der Waals surface area (Å²) in [4.78, 5) is 0. The highest BCUT2D eigenvalue weighted by Crippen LogP contribution is 2.25. The minimum atomic E-state index is -3.32. The van der Waals surface area contributed by atoms with E-state index in [1.165, 1.54) is 0 Å². The van der Waals surface area contributed by atoms with Gasteiger partial charge in [-0.1, -0.05) is 13.8 Å². The fourth-order valence-corrected chi connectivity index (χ4v) is 3.36. The summed E-state index contributed by atoms with van der Waals surface area (Å²) in [6.07, 6.45) is 0. The molecular weight excluding hydrogens is 286 g/mol. The molecule has 4 nitrogen and oxygen atoms in total. The van der Waals surface area contributed by atoms with Crippen molar-refractivity contribution in [3.05, 3.63) is 23.8 Å². The summed E-state index contributed by atoms with van der Waals surface area (Å²) in [7, 11) is -3.32. The average Bonchev–Trinajstić information content (AvgIpc) is 2.29. The van der Waals surface area contributed by atoms with Crippen molar-refractivity contribution in [2.24, 2.45) is 5.92 Å². The molecule has 19 heavy (non-hydrogen) atoms. The third-order valence-electron chi connectivity index (χ3n) is 2.33. The Morgan fingerprint density at radius 2 is 2.05 bits per heavy atom. The van der Waals surface area contributed by atoms with Crippen LogP contribution in [0, 0.1) is 5.92 Å². The molecular formula is C13H20ClNO3S. The minimum absolute atomic E-state index is 0.0766. The van der Waals surface area contributed by atoms with Gasteiger partial charge in [-0.3, -0.25) is 4.72 Å². The molecule has 0 aliphatic rings. The largest absolute Gasteiger partial charge is 0.494 e. The molecule has 1 rings (SSSR count). The average molecular weight is 306 g/mol. The molecule has 0 unspecified atom stereocenters. The Bertz CT molecular complexity index is 515. The van der Waals surface area contributed by atoms with Gasteiger partial charge in [-0.15, -0.1) is 11.6 Å². The minimum Gasteiger partial charge on any atom is -0.494 e. The molecule has 0 saturated carbocycles. The van der Waals surface area contributed by atoms with Crippen LogP contribution in [-0.2, 0) is 15.9 Å². The molecule has 1 N–H and O–H groups in total. The van der Waals surface area contributed by atoms with Crippen molar-refractivity contribution < 1.29 is 13.2 Å². The Morgan fingerprint density at radius 3 is 2.58 bits per heavy atom. The zero-order valence-electron chi connectivity index (χ0n) is 11.4. The van der Waals surface area contributed by atoms with Gasteiger partial charge in [-0.25, -0.2) is 8.42 Å². The Hall–Kier alpha value is -0.940. The van der Waals surface area contributed by atoms with Crippen molar-refractivity contribution in [2.75, 3.05) is 17.1 Å². The zero-order chi connectivity index (χ0) is 14.5. The smallest absolute Gasteiger partial charge is 0.232 e. The molecule has 0 amide bonds. The number of sulfonamides is 1. The van der Waals surface area contributed by atoms with Crippen molar-refractivity contribution in [1.29, 1.82) is 0 Å². The van der Waals surface area contributed by atoms with Crippen LogP contribution >= 0.6 is 11.6 Å². The molecule has 1 aromatic rings. The van der Waals surface area contributed by atoms with Crippen LogP contribution < -0.4 is 9.46 Å². The third kappa shape index (κ3) is 5.28. The van der Waals surface area contributed by atoms with Crippen molar-refractivity contribution >= 4 is 27.3 Å². The Balaban J connectivity index is 2.91. The molecule has 0 saturated heterocycles. The molecule has 0 aliphatic carbocycles. The van der Waals surface area contributed by atoms with Crippen LogP contribution in [0.5, 0.6) is 5.75 Å². The second-order valence-corrected chi connectivity index (χ2v) is 6.70. The number of nitrogens with one attached hydrogen (secondary N) is 1. The van der Waals surface area contributed by atoms with Gasteiger partial charge in [0.05, 0.1) is 18.2 Å². The van der Waals surface area contributed by atoms with Gasteiger partial charge in [-0.05, 0) is 31.0 Å².